The maximum Gasteiger partial charge on any atom is 0.0299 e. The van der Waals surface area contributed by atoms with E-state index in [2.05, 4.69) is 18.3 Å². The molecule has 2 rings (SSSR count). The van der Waals surface area contributed by atoms with Crippen molar-refractivity contribution in [2.75, 3.05) is 6.54 Å². The molecule has 0 atom stereocenters. The Morgan fingerprint density at radius 3 is 2.63 bits per heavy atom. The first kappa shape index (κ1) is 15.1. The van der Waals surface area contributed by atoms with Gasteiger partial charge in [-0.1, -0.05) is 45.4 Å². The Morgan fingerprint density at radius 2 is 1.84 bits per heavy atom. The first-order chi connectivity index (χ1) is 9.40. The van der Waals surface area contributed by atoms with Crippen LogP contribution in [-0.2, 0) is 19.4 Å². The molecule has 2 heteroatoms. The third kappa shape index (κ3) is 5.27. The van der Waals surface area contributed by atoms with Gasteiger partial charge in [-0.3, -0.25) is 0 Å². The molecule has 1 aromatic heterocycles. The average molecular weight is 279 g/mol. The molecule has 108 valence electrons. The third-order valence-corrected chi connectivity index (χ3v) is 5.29. The van der Waals surface area contributed by atoms with Gasteiger partial charge in [-0.05, 0) is 43.9 Å². The highest BCUT2D eigenvalue weighted by atomic mass is 32.1. The second-order valence-corrected chi connectivity index (χ2v) is 7.03. The molecule has 1 heterocycles. The van der Waals surface area contributed by atoms with Crippen molar-refractivity contribution in [3.63, 3.8) is 0 Å². The predicted octanol–water partition coefficient (Wildman–Crippen LogP) is 5.08. The number of hydrogen-bond acceptors (Lipinski definition) is 2. The topological polar surface area (TPSA) is 12.0 Å². The monoisotopic (exact) mass is 279 g/mol. The SMILES string of the molecule is CCCCCCCCCNCc1cc2c(s1)CCC2. The minimum atomic E-state index is 1.09. The molecule has 0 amide bonds. The summed E-state index contributed by atoms with van der Waals surface area (Å²) in [7, 11) is 0. The Bertz CT molecular complexity index is 335. The second-order valence-electron chi connectivity index (χ2n) is 5.81. The van der Waals surface area contributed by atoms with Gasteiger partial charge in [0.1, 0.15) is 0 Å². The molecule has 0 radical (unpaired) electrons. The predicted molar refractivity (Wildman–Crippen MR) is 86.0 cm³/mol. The van der Waals surface area contributed by atoms with Crippen LogP contribution in [0.15, 0.2) is 6.07 Å². The number of aryl methyl sites for hydroxylation is 2. The lowest BCUT2D eigenvalue weighted by atomic mass is 10.1. The van der Waals surface area contributed by atoms with Crippen LogP contribution in [0.4, 0.5) is 0 Å². The van der Waals surface area contributed by atoms with Crippen molar-refractivity contribution in [1.29, 1.82) is 0 Å². The Hall–Kier alpha value is -0.340. The molecule has 0 unspecified atom stereocenters. The summed E-state index contributed by atoms with van der Waals surface area (Å²) in [5.74, 6) is 0. The first-order valence-corrected chi connectivity index (χ1v) is 9.03. The number of thiophene rings is 1. The van der Waals surface area contributed by atoms with Gasteiger partial charge in [0.2, 0.25) is 0 Å². The van der Waals surface area contributed by atoms with Crippen LogP contribution in [0, 0.1) is 0 Å². The largest absolute Gasteiger partial charge is 0.312 e. The highest BCUT2D eigenvalue weighted by molar-refractivity contribution is 7.12. The van der Waals surface area contributed by atoms with Crippen LogP contribution in [0.2, 0.25) is 0 Å². The summed E-state index contributed by atoms with van der Waals surface area (Å²) in [5.41, 5.74) is 1.64. The summed E-state index contributed by atoms with van der Waals surface area (Å²) < 4.78 is 0. The summed E-state index contributed by atoms with van der Waals surface area (Å²) in [4.78, 5) is 3.21. The summed E-state index contributed by atoms with van der Waals surface area (Å²) in [5, 5.41) is 3.60. The molecule has 1 aromatic rings. The maximum atomic E-state index is 3.60. The molecule has 0 fully saturated rings. The fourth-order valence-electron chi connectivity index (χ4n) is 2.90. The molecule has 0 saturated carbocycles. The molecular weight excluding hydrogens is 250 g/mol. The second kappa shape index (κ2) is 8.76. The number of nitrogens with one attached hydrogen (secondary N) is 1. The van der Waals surface area contributed by atoms with Crippen molar-refractivity contribution in [3.05, 3.63) is 21.4 Å². The van der Waals surface area contributed by atoms with Gasteiger partial charge in [-0.25, -0.2) is 0 Å². The number of unbranched alkanes of at least 4 members (excludes halogenated alkanes) is 6. The number of fused-ring (bicyclic) bond motifs is 1. The van der Waals surface area contributed by atoms with Gasteiger partial charge in [0, 0.05) is 16.3 Å². The standard InChI is InChI=1S/C17H29NS/c1-2-3-4-5-6-7-8-12-18-14-16-13-15-10-9-11-17(15)19-16/h13,18H,2-12,14H2,1H3. The van der Waals surface area contributed by atoms with Crippen molar-refractivity contribution in [3.8, 4) is 0 Å². The van der Waals surface area contributed by atoms with Crippen molar-refractivity contribution in [1.82, 2.24) is 5.32 Å². The van der Waals surface area contributed by atoms with Crippen LogP contribution in [0.1, 0.15) is 73.6 Å². The van der Waals surface area contributed by atoms with Crippen LogP contribution in [0.25, 0.3) is 0 Å². The lowest BCUT2D eigenvalue weighted by Gasteiger charge is -2.03. The van der Waals surface area contributed by atoms with E-state index in [1.165, 1.54) is 70.8 Å². The van der Waals surface area contributed by atoms with E-state index < -0.39 is 0 Å². The van der Waals surface area contributed by atoms with E-state index in [-0.39, 0.29) is 0 Å². The van der Waals surface area contributed by atoms with Gasteiger partial charge in [0.25, 0.3) is 0 Å². The molecule has 0 aliphatic heterocycles. The molecule has 1 aliphatic rings. The van der Waals surface area contributed by atoms with E-state index >= 15 is 0 Å². The van der Waals surface area contributed by atoms with Gasteiger partial charge in [-0.15, -0.1) is 11.3 Å². The minimum Gasteiger partial charge on any atom is -0.312 e. The zero-order chi connectivity index (χ0) is 13.3. The molecule has 0 saturated heterocycles. The molecular formula is C17H29NS. The van der Waals surface area contributed by atoms with Crippen molar-refractivity contribution in [2.24, 2.45) is 0 Å². The van der Waals surface area contributed by atoms with Crippen LogP contribution < -0.4 is 5.32 Å². The third-order valence-electron chi connectivity index (χ3n) is 4.05. The maximum absolute atomic E-state index is 3.60. The quantitative estimate of drug-likeness (QED) is 0.589. The molecule has 19 heavy (non-hydrogen) atoms. The Morgan fingerprint density at radius 1 is 1.05 bits per heavy atom. The molecule has 0 aromatic carbocycles. The summed E-state index contributed by atoms with van der Waals surface area (Å²) in [6.07, 6.45) is 13.8. The summed E-state index contributed by atoms with van der Waals surface area (Å²) in [6.45, 7) is 4.56. The highest BCUT2D eigenvalue weighted by Crippen LogP contribution is 2.30. The molecule has 1 N–H and O–H groups in total. The van der Waals surface area contributed by atoms with Crippen molar-refractivity contribution >= 4 is 11.3 Å². The van der Waals surface area contributed by atoms with Crippen LogP contribution >= 0.6 is 11.3 Å². The van der Waals surface area contributed by atoms with E-state index in [0.29, 0.717) is 0 Å². The van der Waals surface area contributed by atoms with E-state index in [4.69, 9.17) is 0 Å². The van der Waals surface area contributed by atoms with Crippen LogP contribution in [0.5, 0.6) is 0 Å². The van der Waals surface area contributed by atoms with Gasteiger partial charge in [-0.2, -0.15) is 0 Å². The zero-order valence-corrected chi connectivity index (χ0v) is 13.3. The smallest absolute Gasteiger partial charge is 0.0299 e. The van der Waals surface area contributed by atoms with Crippen LogP contribution in [0.3, 0.4) is 0 Å². The summed E-state index contributed by atoms with van der Waals surface area (Å²) in [6, 6.07) is 2.44. The van der Waals surface area contributed by atoms with E-state index in [1.54, 1.807) is 15.3 Å². The minimum absolute atomic E-state index is 1.09. The lowest BCUT2D eigenvalue weighted by molar-refractivity contribution is 0.564. The molecule has 0 spiro atoms. The van der Waals surface area contributed by atoms with E-state index in [9.17, 15) is 0 Å². The summed E-state index contributed by atoms with van der Waals surface area (Å²) >= 11 is 2.04. The Kier molecular flexibility index (Phi) is 6.94. The van der Waals surface area contributed by atoms with E-state index in [0.717, 1.165) is 6.54 Å². The average Bonchev–Trinajstić information content (AvgIpc) is 2.97. The number of rotatable bonds is 10. The number of hydrogen-bond donors (Lipinski definition) is 1. The van der Waals surface area contributed by atoms with Crippen molar-refractivity contribution in [2.45, 2.75) is 77.7 Å². The highest BCUT2D eigenvalue weighted by Gasteiger charge is 2.14. The molecule has 1 nitrogen and oxygen atoms in total. The Labute approximate surface area is 122 Å². The normalized spacial score (nSPS) is 13.9. The zero-order valence-electron chi connectivity index (χ0n) is 12.5. The van der Waals surface area contributed by atoms with Crippen molar-refractivity contribution < 1.29 is 0 Å². The molecule has 0 bridgehead atoms. The van der Waals surface area contributed by atoms with Crippen LogP contribution in [-0.4, -0.2) is 6.54 Å². The van der Waals surface area contributed by atoms with E-state index in [1.807, 2.05) is 11.3 Å². The van der Waals surface area contributed by atoms with Gasteiger partial charge in [0.05, 0.1) is 0 Å². The van der Waals surface area contributed by atoms with Gasteiger partial charge >= 0.3 is 0 Å². The fourth-order valence-corrected chi connectivity index (χ4v) is 4.13. The Balaban J connectivity index is 1.45. The lowest BCUT2D eigenvalue weighted by Crippen LogP contribution is -2.13. The van der Waals surface area contributed by atoms with Gasteiger partial charge in [0.15, 0.2) is 0 Å². The fraction of sp³-hybridized carbons (Fsp3) is 0.765. The molecule has 1 aliphatic carbocycles. The first-order valence-electron chi connectivity index (χ1n) is 8.21. The van der Waals surface area contributed by atoms with Gasteiger partial charge < -0.3 is 5.32 Å².